The molecular weight excluding hydrogens is 308 g/mol. The Balaban J connectivity index is 2.11. The molecule has 24 heavy (non-hydrogen) atoms. The Morgan fingerprint density at radius 2 is 2.00 bits per heavy atom. The van der Waals surface area contributed by atoms with Crippen LogP contribution in [0, 0.1) is 0 Å². The number of nitrogens with one attached hydrogen (secondary N) is 1. The van der Waals surface area contributed by atoms with Crippen molar-refractivity contribution in [2.24, 2.45) is 5.10 Å². The van der Waals surface area contributed by atoms with E-state index in [0.29, 0.717) is 18.1 Å². The van der Waals surface area contributed by atoms with Gasteiger partial charge >= 0.3 is 5.97 Å². The van der Waals surface area contributed by atoms with Gasteiger partial charge in [-0.3, -0.25) is 5.43 Å². The maximum absolute atomic E-state index is 10.9. The number of hydrazone groups is 1. The fourth-order valence-corrected chi connectivity index (χ4v) is 1.91. The number of hydrogen-bond donors (Lipinski definition) is 2. The lowest BCUT2D eigenvalue weighted by Crippen LogP contribution is -2.23. The molecule has 0 amide bonds. The van der Waals surface area contributed by atoms with E-state index >= 15 is 0 Å². The van der Waals surface area contributed by atoms with Crippen molar-refractivity contribution in [1.82, 2.24) is 0 Å². The Bertz CT molecular complexity index is 701. The number of carboxylic acid groups (broad SMARTS) is 1. The average Bonchev–Trinajstić information content (AvgIpc) is 2.58. The molecule has 126 valence electrons. The van der Waals surface area contributed by atoms with Gasteiger partial charge in [0.1, 0.15) is 0 Å². The van der Waals surface area contributed by atoms with Crippen LogP contribution in [0.5, 0.6) is 11.5 Å². The van der Waals surface area contributed by atoms with Crippen LogP contribution in [-0.4, -0.2) is 30.0 Å². The van der Waals surface area contributed by atoms with Crippen molar-refractivity contribution < 1.29 is 19.4 Å². The van der Waals surface area contributed by atoms with Gasteiger partial charge in [-0.2, -0.15) is 5.10 Å². The molecule has 0 aromatic heterocycles. The molecule has 0 aliphatic carbocycles. The Morgan fingerprint density at radius 3 is 2.67 bits per heavy atom. The van der Waals surface area contributed by atoms with Crippen LogP contribution in [0.2, 0.25) is 0 Å². The number of rotatable bonds is 8. The highest BCUT2D eigenvalue weighted by Gasteiger charge is 2.15. The largest absolute Gasteiger partial charge is 0.490 e. The van der Waals surface area contributed by atoms with Crippen LogP contribution in [-0.2, 0) is 4.79 Å². The molecule has 0 aliphatic rings. The zero-order valence-corrected chi connectivity index (χ0v) is 13.6. The van der Waals surface area contributed by atoms with E-state index in [-0.39, 0.29) is 0 Å². The molecule has 2 aromatic carbocycles. The van der Waals surface area contributed by atoms with E-state index < -0.39 is 12.1 Å². The zero-order valence-electron chi connectivity index (χ0n) is 13.6. The lowest BCUT2D eigenvalue weighted by Gasteiger charge is -2.15. The summed E-state index contributed by atoms with van der Waals surface area (Å²) in [5.74, 6) is -0.163. The SMILES string of the molecule is CCOc1cc(C=NNc2ccccc2)ccc1OC(C)C(=O)O. The highest BCUT2D eigenvalue weighted by atomic mass is 16.5. The summed E-state index contributed by atoms with van der Waals surface area (Å²) in [5.41, 5.74) is 4.61. The molecule has 2 N–H and O–H groups in total. The van der Waals surface area contributed by atoms with Gasteiger partial charge in [-0.15, -0.1) is 0 Å². The first-order valence-corrected chi connectivity index (χ1v) is 7.60. The molecule has 0 radical (unpaired) electrons. The predicted octanol–water partition coefficient (Wildman–Crippen LogP) is 3.38. The Hall–Kier alpha value is -3.02. The fraction of sp³-hybridized carbons (Fsp3) is 0.222. The quantitative estimate of drug-likeness (QED) is 0.573. The van der Waals surface area contributed by atoms with Crippen LogP contribution in [0.25, 0.3) is 0 Å². The van der Waals surface area contributed by atoms with Gasteiger partial charge in [0.05, 0.1) is 18.5 Å². The number of anilines is 1. The van der Waals surface area contributed by atoms with Crippen molar-refractivity contribution in [3.05, 3.63) is 54.1 Å². The molecule has 2 rings (SSSR count). The van der Waals surface area contributed by atoms with Crippen molar-refractivity contribution in [3.63, 3.8) is 0 Å². The molecule has 0 bridgehead atoms. The third kappa shape index (κ3) is 5.01. The third-order valence-electron chi connectivity index (χ3n) is 3.10. The minimum absolute atomic E-state index is 0.389. The van der Waals surface area contributed by atoms with Gasteiger partial charge in [0, 0.05) is 0 Å². The van der Waals surface area contributed by atoms with Gasteiger partial charge in [0.2, 0.25) is 0 Å². The lowest BCUT2D eigenvalue weighted by molar-refractivity contribution is -0.144. The topological polar surface area (TPSA) is 80.1 Å². The Morgan fingerprint density at radius 1 is 1.25 bits per heavy atom. The molecule has 0 fully saturated rings. The second kappa shape index (κ2) is 8.57. The normalized spacial score (nSPS) is 11.9. The maximum atomic E-state index is 10.9. The van der Waals surface area contributed by atoms with E-state index in [0.717, 1.165) is 11.3 Å². The first-order valence-electron chi connectivity index (χ1n) is 7.60. The lowest BCUT2D eigenvalue weighted by atomic mass is 10.2. The van der Waals surface area contributed by atoms with E-state index in [2.05, 4.69) is 10.5 Å². The second-order valence-corrected chi connectivity index (χ2v) is 4.97. The van der Waals surface area contributed by atoms with Crippen molar-refractivity contribution in [2.45, 2.75) is 20.0 Å². The average molecular weight is 328 g/mol. The third-order valence-corrected chi connectivity index (χ3v) is 3.10. The van der Waals surface area contributed by atoms with E-state index in [9.17, 15) is 4.79 Å². The molecule has 0 heterocycles. The van der Waals surface area contributed by atoms with E-state index in [1.807, 2.05) is 37.3 Å². The number of carbonyl (C=O) groups is 1. The molecule has 1 atom stereocenters. The van der Waals surface area contributed by atoms with E-state index in [1.165, 1.54) is 6.92 Å². The molecule has 2 aromatic rings. The molecule has 0 aliphatic heterocycles. The molecule has 0 spiro atoms. The summed E-state index contributed by atoms with van der Waals surface area (Å²) in [4.78, 5) is 10.9. The van der Waals surface area contributed by atoms with Crippen LogP contribution in [0.3, 0.4) is 0 Å². The number of nitrogens with zero attached hydrogens (tertiary/aromatic N) is 1. The standard InChI is InChI=1S/C18H20N2O4/c1-3-23-17-11-14(9-10-16(17)24-13(2)18(21)22)12-19-20-15-7-5-4-6-8-15/h4-13,20H,3H2,1-2H3,(H,21,22). The van der Waals surface area contributed by atoms with Gasteiger partial charge in [-0.1, -0.05) is 18.2 Å². The number of ether oxygens (including phenoxy) is 2. The summed E-state index contributed by atoms with van der Waals surface area (Å²) >= 11 is 0. The highest BCUT2D eigenvalue weighted by Crippen LogP contribution is 2.29. The summed E-state index contributed by atoms with van der Waals surface area (Å²) in [6, 6.07) is 14.8. The molecule has 6 nitrogen and oxygen atoms in total. The predicted molar refractivity (Wildman–Crippen MR) is 93.0 cm³/mol. The van der Waals surface area contributed by atoms with Crippen molar-refractivity contribution in [3.8, 4) is 11.5 Å². The van der Waals surface area contributed by atoms with Crippen molar-refractivity contribution >= 4 is 17.9 Å². The summed E-state index contributed by atoms with van der Waals surface area (Å²) in [5, 5.41) is 13.1. The zero-order chi connectivity index (χ0) is 17.4. The molecule has 0 saturated carbocycles. The first kappa shape index (κ1) is 17.3. The molecule has 6 heteroatoms. The molecular formula is C18H20N2O4. The van der Waals surface area contributed by atoms with E-state index in [1.54, 1.807) is 24.4 Å². The summed E-state index contributed by atoms with van der Waals surface area (Å²) in [6.45, 7) is 3.76. The number of aliphatic carboxylic acids is 1. The molecule has 1 unspecified atom stereocenters. The number of benzene rings is 2. The van der Waals surface area contributed by atoms with Gasteiger partial charge < -0.3 is 14.6 Å². The first-order chi connectivity index (χ1) is 11.6. The summed E-state index contributed by atoms with van der Waals surface area (Å²) in [7, 11) is 0. The van der Waals surface area contributed by atoms with Crippen LogP contribution < -0.4 is 14.9 Å². The van der Waals surface area contributed by atoms with Crippen LogP contribution in [0.4, 0.5) is 5.69 Å². The van der Waals surface area contributed by atoms with E-state index in [4.69, 9.17) is 14.6 Å². The summed E-state index contributed by atoms with van der Waals surface area (Å²) < 4.78 is 10.9. The Kier molecular flexibility index (Phi) is 6.19. The van der Waals surface area contributed by atoms with Gasteiger partial charge in [-0.05, 0) is 49.7 Å². The van der Waals surface area contributed by atoms with Crippen molar-refractivity contribution in [2.75, 3.05) is 12.0 Å². The van der Waals surface area contributed by atoms with Crippen LogP contribution in [0.15, 0.2) is 53.6 Å². The number of para-hydroxylation sites is 1. The maximum Gasteiger partial charge on any atom is 0.344 e. The Labute approximate surface area is 140 Å². The molecule has 0 saturated heterocycles. The second-order valence-electron chi connectivity index (χ2n) is 4.97. The fourth-order valence-electron chi connectivity index (χ4n) is 1.91. The van der Waals surface area contributed by atoms with Crippen LogP contribution >= 0.6 is 0 Å². The minimum atomic E-state index is -1.03. The highest BCUT2D eigenvalue weighted by molar-refractivity contribution is 5.81. The summed E-state index contributed by atoms with van der Waals surface area (Å²) in [6.07, 6.45) is 0.698. The number of carboxylic acids is 1. The smallest absolute Gasteiger partial charge is 0.344 e. The minimum Gasteiger partial charge on any atom is -0.490 e. The monoisotopic (exact) mass is 328 g/mol. The van der Waals surface area contributed by atoms with Crippen molar-refractivity contribution in [1.29, 1.82) is 0 Å². The van der Waals surface area contributed by atoms with Gasteiger partial charge in [0.25, 0.3) is 0 Å². The van der Waals surface area contributed by atoms with Gasteiger partial charge in [-0.25, -0.2) is 4.79 Å². The number of hydrogen-bond acceptors (Lipinski definition) is 5. The van der Waals surface area contributed by atoms with Gasteiger partial charge in [0.15, 0.2) is 17.6 Å². The van der Waals surface area contributed by atoms with Crippen LogP contribution in [0.1, 0.15) is 19.4 Å².